The van der Waals surface area contributed by atoms with Gasteiger partial charge in [0.05, 0.1) is 6.54 Å². The Balaban J connectivity index is 0.00000261. The molecule has 7 nitrogen and oxygen atoms in total. The number of aliphatic imine (C=N–C) groups is 1. The van der Waals surface area contributed by atoms with Crippen LogP contribution in [0.2, 0.25) is 0 Å². The van der Waals surface area contributed by atoms with E-state index < -0.39 is 0 Å². The number of hydrogen-bond donors (Lipinski definition) is 2. The van der Waals surface area contributed by atoms with Gasteiger partial charge in [-0.1, -0.05) is 12.1 Å². The molecule has 146 valence electrons. The van der Waals surface area contributed by atoms with Gasteiger partial charge in [-0.05, 0) is 29.8 Å². The van der Waals surface area contributed by atoms with Crippen LogP contribution in [0.15, 0.2) is 47.6 Å². The van der Waals surface area contributed by atoms with Gasteiger partial charge in [0.1, 0.15) is 18.5 Å². The van der Waals surface area contributed by atoms with Crippen molar-refractivity contribution < 1.29 is 9.47 Å². The number of nitrogens with zero attached hydrogens (tertiary/aromatic N) is 3. The average Bonchev–Trinajstić information content (AvgIpc) is 2.68. The summed E-state index contributed by atoms with van der Waals surface area (Å²) in [4.78, 5) is 10.6. The lowest BCUT2D eigenvalue weighted by molar-refractivity contribution is 0.0936. The third kappa shape index (κ3) is 5.88. The molecule has 2 N–H and O–H groups in total. The first kappa shape index (κ1) is 21.1. The standard InChI is InChI=1S/C19H25N5O2.HI/c1-20-19(22-11-14-8-9-21-18(10-14)24(2)3)23-12-15-13-25-16-6-4-5-7-17(16)26-15;/h4-10,15H,11-13H2,1-3H3,(H2,20,22,23);1H. The van der Waals surface area contributed by atoms with Gasteiger partial charge in [-0.25, -0.2) is 4.98 Å². The molecule has 3 rings (SSSR count). The molecular weight excluding hydrogens is 457 g/mol. The van der Waals surface area contributed by atoms with Crippen molar-refractivity contribution in [3.63, 3.8) is 0 Å². The highest BCUT2D eigenvalue weighted by Gasteiger charge is 2.20. The van der Waals surface area contributed by atoms with Crippen molar-refractivity contribution in [1.82, 2.24) is 15.6 Å². The van der Waals surface area contributed by atoms with E-state index in [4.69, 9.17) is 9.47 Å². The van der Waals surface area contributed by atoms with Crippen molar-refractivity contribution in [1.29, 1.82) is 0 Å². The summed E-state index contributed by atoms with van der Waals surface area (Å²) < 4.78 is 11.7. The van der Waals surface area contributed by atoms with Crippen molar-refractivity contribution in [2.45, 2.75) is 12.6 Å². The fourth-order valence-electron chi connectivity index (χ4n) is 2.60. The molecule has 1 atom stereocenters. The maximum atomic E-state index is 5.95. The third-order valence-corrected chi connectivity index (χ3v) is 4.02. The zero-order chi connectivity index (χ0) is 18.4. The minimum absolute atomic E-state index is 0. The number of para-hydroxylation sites is 2. The fraction of sp³-hybridized carbons (Fsp3) is 0.368. The van der Waals surface area contributed by atoms with E-state index in [9.17, 15) is 0 Å². The van der Waals surface area contributed by atoms with Crippen LogP contribution < -0.4 is 25.0 Å². The molecule has 1 aliphatic rings. The number of fused-ring (bicyclic) bond motifs is 1. The summed E-state index contributed by atoms with van der Waals surface area (Å²) in [5.41, 5.74) is 1.14. The number of pyridine rings is 1. The predicted molar refractivity (Wildman–Crippen MR) is 119 cm³/mol. The van der Waals surface area contributed by atoms with Crippen molar-refractivity contribution in [3.8, 4) is 11.5 Å². The topological polar surface area (TPSA) is 71.0 Å². The highest BCUT2D eigenvalue weighted by atomic mass is 127. The summed E-state index contributed by atoms with van der Waals surface area (Å²) in [6.45, 7) is 1.78. The van der Waals surface area contributed by atoms with E-state index in [0.29, 0.717) is 19.7 Å². The summed E-state index contributed by atoms with van der Waals surface area (Å²) in [6, 6.07) is 11.7. The minimum Gasteiger partial charge on any atom is -0.486 e. The molecule has 2 heterocycles. The Morgan fingerprint density at radius 3 is 2.74 bits per heavy atom. The van der Waals surface area contributed by atoms with Crippen molar-refractivity contribution in [2.24, 2.45) is 4.99 Å². The van der Waals surface area contributed by atoms with E-state index in [1.54, 1.807) is 7.05 Å². The first-order valence-electron chi connectivity index (χ1n) is 8.61. The van der Waals surface area contributed by atoms with Gasteiger partial charge < -0.3 is 25.0 Å². The lowest BCUT2D eigenvalue weighted by atomic mass is 10.2. The molecule has 0 spiro atoms. The molecule has 1 aliphatic heterocycles. The number of halogens is 1. The number of anilines is 1. The monoisotopic (exact) mass is 483 g/mol. The number of benzene rings is 1. The SMILES string of the molecule is CN=C(NCc1ccnc(N(C)C)c1)NCC1COc2ccccc2O1.I. The molecule has 0 radical (unpaired) electrons. The zero-order valence-corrected chi connectivity index (χ0v) is 18.1. The molecule has 8 heteroatoms. The second-order valence-corrected chi connectivity index (χ2v) is 6.22. The number of ether oxygens (including phenoxy) is 2. The largest absolute Gasteiger partial charge is 0.486 e. The summed E-state index contributed by atoms with van der Waals surface area (Å²) in [5, 5.41) is 6.59. The van der Waals surface area contributed by atoms with E-state index >= 15 is 0 Å². The Kier molecular flexibility index (Phi) is 7.96. The molecule has 0 fully saturated rings. The van der Waals surface area contributed by atoms with E-state index in [1.165, 1.54) is 0 Å². The summed E-state index contributed by atoms with van der Waals surface area (Å²) in [5.74, 6) is 3.22. The van der Waals surface area contributed by atoms with Crippen LogP contribution in [0.1, 0.15) is 5.56 Å². The van der Waals surface area contributed by atoms with E-state index in [0.717, 1.165) is 28.8 Å². The minimum atomic E-state index is -0.0651. The number of guanidine groups is 1. The van der Waals surface area contributed by atoms with Crippen LogP contribution in [-0.2, 0) is 6.54 Å². The summed E-state index contributed by atoms with van der Waals surface area (Å²) in [6.07, 6.45) is 1.75. The van der Waals surface area contributed by atoms with Crippen molar-refractivity contribution in [2.75, 3.05) is 39.2 Å². The van der Waals surface area contributed by atoms with Gasteiger partial charge in [-0.2, -0.15) is 0 Å². The number of nitrogens with one attached hydrogen (secondary N) is 2. The van der Waals surface area contributed by atoms with E-state index in [1.807, 2.05) is 55.5 Å². The van der Waals surface area contributed by atoms with Crippen LogP contribution in [0, 0.1) is 0 Å². The quantitative estimate of drug-likeness (QED) is 0.387. The normalized spacial score (nSPS) is 15.5. The van der Waals surface area contributed by atoms with Crippen LogP contribution in [0.4, 0.5) is 5.82 Å². The third-order valence-electron chi connectivity index (χ3n) is 4.02. The highest BCUT2D eigenvalue weighted by molar-refractivity contribution is 14.0. The summed E-state index contributed by atoms with van der Waals surface area (Å²) in [7, 11) is 5.70. The van der Waals surface area contributed by atoms with E-state index in [2.05, 4.69) is 26.7 Å². The molecule has 2 aromatic rings. The predicted octanol–water partition coefficient (Wildman–Crippen LogP) is 2.27. The second kappa shape index (κ2) is 10.2. The molecule has 0 aliphatic carbocycles. The Morgan fingerprint density at radius 2 is 2.00 bits per heavy atom. The Morgan fingerprint density at radius 1 is 1.22 bits per heavy atom. The van der Waals surface area contributed by atoms with Crippen LogP contribution in [-0.4, -0.2) is 51.3 Å². The molecule has 0 amide bonds. The van der Waals surface area contributed by atoms with Crippen molar-refractivity contribution >= 4 is 35.8 Å². The molecule has 0 saturated heterocycles. The number of rotatable bonds is 5. The lowest BCUT2D eigenvalue weighted by Gasteiger charge is -2.27. The van der Waals surface area contributed by atoms with Gasteiger partial charge in [-0.15, -0.1) is 24.0 Å². The molecular formula is C19H26IN5O2. The van der Waals surface area contributed by atoms with Gasteiger partial charge in [0, 0.05) is 33.9 Å². The smallest absolute Gasteiger partial charge is 0.191 e. The van der Waals surface area contributed by atoms with Gasteiger partial charge in [0.15, 0.2) is 17.5 Å². The molecule has 1 aromatic carbocycles. The number of hydrogen-bond acceptors (Lipinski definition) is 5. The zero-order valence-electron chi connectivity index (χ0n) is 15.8. The van der Waals surface area contributed by atoms with Crippen molar-refractivity contribution in [3.05, 3.63) is 48.2 Å². The summed E-state index contributed by atoms with van der Waals surface area (Å²) >= 11 is 0. The fourth-order valence-corrected chi connectivity index (χ4v) is 2.60. The molecule has 0 bridgehead atoms. The van der Waals surface area contributed by atoms with Gasteiger partial charge >= 0.3 is 0 Å². The maximum Gasteiger partial charge on any atom is 0.191 e. The maximum absolute atomic E-state index is 5.95. The van der Waals surface area contributed by atoms with E-state index in [-0.39, 0.29) is 30.1 Å². The molecule has 1 unspecified atom stereocenters. The first-order valence-corrected chi connectivity index (χ1v) is 8.61. The second-order valence-electron chi connectivity index (χ2n) is 6.22. The first-order chi connectivity index (χ1) is 12.7. The van der Waals surface area contributed by atoms with Crippen LogP contribution in [0.5, 0.6) is 11.5 Å². The Bertz CT molecular complexity index is 769. The Labute approximate surface area is 177 Å². The highest BCUT2D eigenvalue weighted by Crippen LogP contribution is 2.30. The Hall–Kier alpha value is -2.23. The number of aromatic nitrogens is 1. The molecule has 0 saturated carbocycles. The van der Waals surface area contributed by atoms with Gasteiger partial charge in [-0.3, -0.25) is 4.99 Å². The van der Waals surface area contributed by atoms with Crippen LogP contribution in [0.25, 0.3) is 0 Å². The molecule has 1 aromatic heterocycles. The van der Waals surface area contributed by atoms with Gasteiger partial charge in [0.25, 0.3) is 0 Å². The van der Waals surface area contributed by atoms with Gasteiger partial charge in [0.2, 0.25) is 0 Å². The van der Waals surface area contributed by atoms with Crippen LogP contribution in [0.3, 0.4) is 0 Å². The lowest BCUT2D eigenvalue weighted by Crippen LogP contribution is -2.45. The molecule has 27 heavy (non-hydrogen) atoms. The van der Waals surface area contributed by atoms with Crippen LogP contribution >= 0.6 is 24.0 Å². The average molecular weight is 483 g/mol.